The first-order chi connectivity index (χ1) is 13.5. The zero-order chi connectivity index (χ0) is 20.5. The molecule has 0 aromatic rings. The summed E-state index contributed by atoms with van der Waals surface area (Å²) in [5.74, 6) is -0.914. The molecule has 2 fully saturated rings. The molecule has 1 heterocycles. The third-order valence-corrected chi connectivity index (χ3v) is 4.98. The second-order valence-electron chi connectivity index (χ2n) is 6.89. The van der Waals surface area contributed by atoms with Crippen molar-refractivity contribution in [3.05, 3.63) is 11.1 Å². The molecule has 2 rings (SSSR count). The number of hydrogen-bond acceptors (Lipinski definition) is 6. The Morgan fingerprint density at radius 3 is 2.64 bits per heavy atom. The molecule has 1 aliphatic carbocycles. The Balaban J connectivity index is 2.07. The molecular weight excluding hydrogens is 368 g/mol. The number of nitrogens with zero attached hydrogens (tertiary/aromatic N) is 2. The van der Waals surface area contributed by atoms with Crippen LogP contribution in [0.3, 0.4) is 0 Å². The molecule has 10 heteroatoms. The van der Waals surface area contributed by atoms with Gasteiger partial charge in [0.05, 0.1) is 13.2 Å². The fraction of sp³-hybridized carbons (Fsp3) is 0.667. The van der Waals surface area contributed by atoms with E-state index in [9.17, 15) is 24.4 Å². The van der Waals surface area contributed by atoms with Gasteiger partial charge in [-0.05, 0) is 38.5 Å². The number of imide groups is 1. The monoisotopic (exact) mass is 396 g/mol. The Bertz CT molecular complexity index is 628. The van der Waals surface area contributed by atoms with Crippen LogP contribution in [0.5, 0.6) is 0 Å². The molecule has 5 amide bonds. The SMILES string of the molecule is COCCNC(=O)NC(=O)[C@@H]1CCCN1C(=O)C(CN(O)C=O)=C1CCCC1. The van der Waals surface area contributed by atoms with Gasteiger partial charge in [-0.3, -0.25) is 24.9 Å². The summed E-state index contributed by atoms with van der Waals surface area (Å²) in [4.78, 5) is 49.6. The van der Waals surface area contributed by atoms with Gasteiger partial charge in [-0.25, -0.2) is 9.86 Å². The van der Waals surface area contributed by atoms with Crippen LogP contribution >= 0.6 is 0 Å². The standard InChI is InChI=1S/C18H28N4O6/c1-28-10-8-19-18(26)20-16(24)15-7-4-9-22(15)17(25)14(11-21(27)12-23)13-5-2-3-6-13/h12,15,27H,2-11H2,1H3,(H2,19,20,24,26)/t15-/m0/s1. The highest BCUT2D eigenvalue weighted by atomic mass is 16.5. The van der Waals surface area contributed by atoms with Crippen molar-refractivity contribution in [3.8, 4) is 0 Å². The van der Waals surface area contributed by atoms with Gasteiger partial charge >= 0.3 is 6.03 Å². The van der Waals surface area contributed by atoms with E-state index >= 15 is 0 Å². The molecule has 1 saturated carbocycles. The largest absolute Gasteiger partial charge is 0.383 e. The van der Waals surface area contributed by atoms with Crippen LogP contribution in [0, 0.1) is 0 Å². The van der Waals surface area contributed by atoms with E-state index in [0.717, 1.165) is 31.3 Å². The van der Waals surface area contributed by atoms with Crippen LogP contribution in [0.2, 0.25) is 0 Å². The Kier molecular flexibility index (Phi) is 8.40. The van der Waals surface area contributed by atoms with Crippen LogP contribution in [0.25, 0.3) is 0 Å². The molecule has 1 atom stereocenters. The van der Waals surface area contributed by atoms with E-state index in [1.807, 2.05) is 0 Å². The summed E-state index contributed by atoms with van der Waals surface area (Å²) in [7, 11) is 1.50. The third-order valence-electron chi connectivity index (χ3n) is 4.98. The van der Waals surface area contributed by atoms with E-state index in [1.165, 1.54) is 12.0 Å². The molecule has 1 saturated heterocycles. The summed E-state index contributed by atoms with van der Waals surface area (Å²) in [6, 6.07) is -1.40. The summed E-state index contributed by atoms with van der Waals surface area (Å²) in [6.07, 6.45) is 4.70. The molecule has 0 radical (unpaired) electrons. The minimum absolute atomic E-state index is 0.208. The number of hydroxylamine groups is 2. The van der Waals surface area contributed by atoms with Crippen molar-refractivity contribution in [1.82, 2.24) is 20.6 Å². The number of methoxy groups -OCH3 is 1. The predicted molar refractivity (Wildman–Crippen MR) is 98.2 cm³/mol. The molecular formula is C18H28N4O6. The zero-order valence-corrected chi connectivity index (χ0v) is 16.1. The minimum Gasteiger partial charge on any atom is -0.383 e. The maximum atomic E-state index is 13.1. The Morgan fingerprint density at radius 1 is 1.29 bits per heavy atom. The highest BCUT2D eigenvalue weighted by Gasteiger charge is 2.37. The van der Waals surface area contributed by atoms with Crippen molar-refractivity contribution in [3.63, 3.8) is 0 Å². The lowest BCUT2D eigenvalue weighted by Gasteiger charge is -2.26. The molecule has 3 N–H and O–H groups in total. The van der Waals surface area contributed by atoms with Crippen LogP contribution in [0.15, 0.2) is 11.1 Å². The van der Waals surface area contributed by atoms with E-state index in [2.05, 4.69) is 10.6 Å². The minimum atomic E-state index is -0.763. The Hall–Kier alpha value is -2.46. The van der Waals surface area contributed by atoms with Gasteiger partial charge in [-0.2, -0.15) is 0 Å². The van der Waals surface area contributed by atoms with Gasteiger partial charge < -0.3 is 15.0 Å². The summed E-state index contributed by atoms with van der Waals surface area (Å²) in [5, 5.41) is 14.8. The van der Waals surface area contributed by atoms with E-state index in [-0.39, 0.29) is 25.4 Å². The molecule has 1 aliphatic heterocycles. The number of ether oxygens (including phenoxy) is 1. The number of carbonyl (C=O) groups excluding carboxylic acids is 4. The molecule has 0 bridgehead atoms. The molecule has 0 aromatic carbocycles. The number of rotatable bonds is 8. The summed E-state index contributed by atoms with van der Waals surface area (Å²) < 4.78 is 4.83. The molecule has 10 nitrogen and oxygen atoms in total. The third kappa shape index (κ3) is 5.77. The van der Waals surface area contributed by atoms with Crippen molar-refractivity contribution in [2.24, 2.45) is 0 Å². The van der Waals surface area contributed by atoms with Crippen LogP contribution in [0.4, 0.5) is 4.79 Å². The van der Waals surface area contributed by atoms with Crippen LogP contribution in [-0.2, 0) is 19.1 Å². The number of amides is 5. The molecule has 156 valence electrons. The average molecular weight is 396 g/mol. The summed E-state index contributed by atoms with van der Waals surface area (Å²) in [6.45, 7) is 0.754. The Morgan fingerprint density at radius 2 is 2.00 bits per heavy atom. The first-order valence-corrected chi connectivity index (χ1v) is 9.48. The van der Waals surface area contributed by atoms with Crippen LogP contribution in [-0.4, -0.2) is 78.8 Å². The van der Waals surface area contributed by atoms with E-state index < -0.39 is 18.0 Å². The van der Waals surface area contributed by atoms with Gasteiger partial charge in [0.25, 0.3) is 11.8 Å². The van der Waals surface area contributed by atoms with Crippen LogP contribution < -0.4 is 10.6 Å². The molecule has 2 aliphatic rings. The molecule has 0 unspecified atom stereocenters. The number of likely N-dealkylation sites (tertiary alicyclic amines) is 1. The number of allylic oxidation sites excluding steroid dienone is 1. The molecule has 28 heavy (non-hydrogen) atoms. The van der Waals surface area contributed by atoms with E-state index in [0.29, 0.717) is 36.6 Å². The number of nitrogens with one attached hydrogen (secondary N) is 2. The van der Waals surface area contributed by atoms with Crippen molar-refractivity contribution in [1.29, 1.82) is 0 Å². The number of urea groups is 1. The first-order valence-electron chi connectivity index (χ1n) is 9.48. The maximum absolute atomic E-state index is 13.1. The smallest absolute Gasteiger partial charge is 0.321 e. The fourth-order valence-corrected chi connectivity index (χ4v) is 3.60. The zero-order valence-electron chi connectivity index (χ0n) is 16.1. The molecule has 0 spiro atoms. The normalized spacial score (nSPS) is 18.7. The van der Waals surface area contributed by atoms with Gasteiger partial charge in [-0.15, -0.1) is 0 Å². The average Bonchev–Trinajstić information content (AvgIpc) is 3.37. The lowest BCUT2D eigenvalue weighted by molar-refractivity contribution is -0.149. The number of hydrogen-bond donors (Lipinski definition) is 3. The van der Waals surface area contributed by atoms with Crippen molar-refractivity contribution in [2.75, 3.05) is 33.4 Å². The maximum Gasteiger partial charge on any atom is 0.321 e. The molecule has 0 aromatic heterocycles. The summed E-state index contributed by atoms with van der Waals surface area (Å²) >= 11 is 0. The van der Waals surface area contributed by atoms with Crippen molar-refractivity contribution in [2.45, 2.75) is 44.6 Å². The van der Waals surface area contributed by atoms with E-state index in [4.69, 9.17) is 4.74 Å². The van der Waals surface area contributed by atoms with Crippen molar-refractivity contribution < 1.29 is 29.1 Å². The van der Waals surface area contributed by atoms with E-state index in [1.54, 1.807) is 0 Å². The van der Waals surface area contributed by atoms with Gasteiger partial charge in [-0.1, -0.05) is 5.57 Å². The second-order valence-corrected chi connectivity index (χ2v) is 6.89. The highest BCUT2D eigenvalue weighted by molar-refractivity contribution is 6.02. The predicted octanol–water partition coefficient (Wildman–Crippen LogP) is 0.168. The second kappa shape index (κ2) is 10.8. The van der Waals surface area contributed by atoms with Crippen LogP contribution in [0.1, 0.15) is 38.5 Å². The lowest BCUT2D eigenvalue weighted by Crippen LogP contribution is -2.51. The first kappa shape index (κ1) is 21.8. The lowest BCUT2D eigenvalue weighted by atomic mass is 10.0. The van der Waals surface area contributed by atoms with Gasteiger partial charge in [0, 0.05) is 25.8 Å². The summed E-state index contributed by atoms with van der Waals surface area (Å²) in [5.41, 5.74) is 1.27. The topological polar surface area (TPSA) is 128 Å². The highest BCUT2D eigenvalue weighted by Crippen LogP contribution is 2.30. The van der Waals surface area contributed by atoms with Gasteiger partial charge in [0.15, 0.2) is 0 Å². The van der Waals surface area contributed by atoms with Gasteiger partial charge in [0.2, 0.25) is 6.41 Å². The quantitative estimate of drug-likeness (QED) is 0.176. The Labute approximate surface area is 163 Å². The number of carbonyl (C=O) groups is 4. The van der Waals surface area contributed by atoms with Crippen molar-refractivity contribution >= 4 is 24.3 Å². The van der Waals surface area contributed by atoms with Gasteiger partial charge in [0.1, 0.15) is 6.04 Å². The fourth-order valence-electron chi connectivity index (χ4n) is 3.60.